The van der Waals surface area contributed by atoms with Gasteiger partial charge in [0.15, 0.2) is 11.5 Å². The second kappa shape index (κ2) is 9.05. The van der Waals surface area contributed by atoms with Gasteiger partial charge >= 0.3 is 5.97 Å². The van der Waals surface area contributed by atoms with Crippen LogP contribution in [0.1, 0.15) is 17.2 Å². The van der Waals surface area contributed by atoms with E-state index in [9.17, 15) is 18.3 Å². The van der Waals surface area contributed by atoms with Gasteiger partial charge in [-0.05, 0) is 36.8 Å². The lowest BCUT2D eigenvalue weighted by Crippen LogP contribution is -2.45. The van der Waals surface area contributed by atoms with Crippen molar-refractivity contribution in [3.8, 4) is 11.5 Å². The van der Waals surface area contributed by atoms with Crippen LogP contribution in [0.25, 0.3) is 0 Å². The van der Waals surface area contributed by atoms with E-state index < -0.39 is 28.1 Å². The van der Waals surface area contributed by atoms with Crippen molar-refractivity contribution in [2.24, 2.45) is 0 Å². The molecular weight excluding hydrogens is 386 g/mol. The molecule has 0 saturated carbocycles. The van der Waals surface area contributed by atoms with E-state index in [4.69, 9.17) is 9.47 Å². The molecule has 28 heavy (non-hydrogen) atoms. The molecule has 8 nitrogen and oxygen atoms in total. The first-order valence-electron chi connectivity index (χ1n) is 8.30. The molecule has 0 bridgehead atoms. The zero-order valence-electron chi connectivity index (χ0n) is 16.0. The summed E-state index contributed by atoms with van der Waals surface area (Å²) in [4.78, 5) is 12.2. The number of ether oxygens (including phenoxy) is 3. The third-order valence-electron chi connectivity index (χ3n) is 4.13. The summed E-state index contributed by atoms with van der Waals surface area (Å²) in [7, 11) is -0.0899. The van der Waals surface area contributed by atoms with Crippen molar-refractivity contribution in [1.29, 1.82) is 0 Å². The number of carbonyl (C=O) groups excluding carboxylic acids is 1. The van der Waals surface area contributed by atoms with Crippen LogP contribution in [-0.2, 0) is 19.6 Å². The molecule has 0 aliphatic heterocycles. The normalized spacial score (nSPS) is 13.5. The minimum absolute atomic E-state index is 0.0356. The molecule has 0 saturated heterocycles. The maximum Gasteiger partial charge on any atom is 0.326 e. The van der Waals surface area contributed by atoms with Crippen LogP contribution in [-0.4, -0.2) is 46.9 Å². The molecule has 2 unspecified atom stereocenters. The number of aliphatic hydroxyl groups is 1. The van der Waals surface area contributed by atoms with Crippen molar-refractivity contribution in [2.75, 3.05) is 21.3 Å². The Labute approximate surface area is 164 Å². The minimum atomic E-state index is -4.08. The van der Waals surface area contributed by atoms with Crippen LogP contribution in [0, 0.1) is 6.92 Å². The summed E-state index contributed by atoms with van der Waals surface area (Å²) in [5.41, 5.74) is 1.13. The van der Waals surface area contributed by atoms with Crippen LogP contribution < -0.4 is 14.2 Å². The van der Waals surface area contributed by atoms with Gasteiger partial charge in [0.05, 0.1) is 26.2 Å². The van der Waals surface area contributed by atoms with E-state index in [0.717, 1.165) is 12.7 Å². The van der Waals surface area contributed by atoms with Gasteiger partial charge in [-0.3, -0.25) is 4.79 Å². The number of carbonyl (C=O) groups is 1. The Morgan fingerprint density at radius 3 is 2.14 bits per heavy atom. The van der Waals surface area contributed by atoms with E-state index in [1.54, 1.807) is 18.2 Å². The number of benzene rings is 2. The van der Waals surface area contributed by atoms with Gasteiger partial charge in [-0.1, -0.05) is 23.8 Å². The molecular formula is C19H23NO7S. The molecule has 0 amide bonds. The maximum absolute atomic E-state index is 12.7. The van der Waals surface area contributed by atoms with Gasteiger partial charge in [0, 0.05) is 0 Å². The predicted octanol–water partition coefficient (Wildman–Crippen LogP) is 1.57. The first-order chi connectivity index (χ1) is 13.2. The fraction of sp³-hybridized carbons (Fsp3) is 0.316. The standard InChI is InChI=1S/C19H23NO7S/c1-12-5-8-14(9-6-12)28(23,24)20-17(19(22)27-4)18(21)13-7-10-15(25-2)16(11-13)26-3/h5-11,17-18,20-21H,1-4H3. The Balaban J connectivity index is 2.38. The summed E-state index contributed by atoms with van der Waals surface area (Å²) in [6.45, 7) is 1.82. The van der Waals surface area contributed by atoms with Crippen molar-refractivity contribution in [3.05, 3.63) is 53.6 Å². The molecule has 2 N–H and O–H groups in total. The lowest BCUT2D eigenvalue weighted by Gasteiger charge is -2.23. The van der Waals surface area contributed by atoms with Crippen molar-refractivity contribution in [2.45, 2.75) is 24.0 Å². The van der Waals surface area contributed by atoms with Crippen LogP contribution in [0.2, 0.25) is 0 Å². The highest BCUT2D eigenvalue weighted by Crippen LogP contribution is 2.31. The Kier molecular flexibility index (Phi) is 7.00. The number of hydrogen-bond donors (Lipinski definition) is 2. The van der Waals surface area contributed by atoms with Crippen molar-refractivity contribution < 1.29 is 32.5 Å². The summed E-state index contributed by atoms with van der Waals surface area (Å²) in [6.07, 6.45) is -1.52. The average Bonchev–Trinajstić information content (AvgIpc) is 2.70. The first kappa shape index (κ1) is 21.7. The van der Waals surface area contributed by atoms with E-state index >= 15 is 0 Å². The van der Waals surface area contributed by atoms with Crippen molar-refractivity contribution in [1.82, 2.24) is 4.72 Å². The molecule has 2 aromatic rings. The Hall–Kier alpha value is -2.62. The summed E-state index contributed by atoms with van der Waals surface area (Å²) in [5, 5.41) is 10.7. The SMILES string of the molecule is COC(=O)C(NS(=O)(=O)c1ccc(C)cc1)C(O)c1ccc(OC)c(OC)c1. The van der Waals surface area contributed by atoms with E-state index in [1.807, 2.05) is 6.92 Å². The third-order valence-corrected chi connectivity index (χ3v) is 5.59. The summed E-state index contributed by atoms with van der Waals surface area (Å²) in [6, 6.07) is 9.03. The molecule has 0 spiro atoms. The topological polar surface area (TPSA) is 111 Å². The molecule has 0 aliphatic rings. The third kappa shape index (κ3) is 4.80. The van der Waals surface area contributed by atoms with Gasteiger partial charge in [-0.15, -0.1) is 0 Å². The smallest absolute Gasteiger partial charge is 0.326 e. The molecule has 0 aromatic heterocycles. The van der Waals surface area contributed by atoms with Crippen LogP contribution in [0.5, 0.6) is 11.5 Å². The molecule has 0 radical (unpaired) electrons. The number of aliphatic hydroxyl groups excluding tert-OH is 1. The largest absolute Gasteiger partial charge is 0.493 e. The van der Waals surface area contributed by atoms with E-state index in [-0.39, 0.29) is 10.5 Å². The zero-order valence-corrected chi connectivity index (χ0v) is 16.8. The summed E-state index contributed by atoms with van der Waals surface area (Å²) in [5.74, 6) is -0.185. The fourth-order valence-electron chi connectivity index (χ4n) is 2.55. The van der Waals surface area contributed by atoms with Gasteiger partial charge in [0.1, 0.15) is 12.1 Å². The molecule has 2 aromatic carbocycles. The van der Waals surface area contributed by atoms with Gasteiger partial charge < -0.3 is 19.3 Å². The highest BCUT2D eigenvalue weighted by Gasteiger charge is 2.34. The molecule has 2 atom stereocenters. The number of methoxy groups -OCH3 is 3. The number of sulfonamides is 1. The Morgan fingerprint density at radius 1 is 1.00 bits per heavy atom. The summed E-state index contributed by atoms with van der Waals surface area (Å²) < 4.78 is 42.5. The number of esters is 1. The average molecular weight is 409 g/mol. The Bertz CT molecular complexity index is 926. The second-order valence-electron chi connectivity index (χ2n) is 5.99. The van der Waals surface area contributed by atoms with Gasteiger partial charge in [0.2, 0.25) is 10.0 Å². The highest BCUT2D eigenvalue weighted by molar-refractivity contribution is 7.89. The molecule has 152 valence electrons. The zero-order chi connectivity index (χ0) is 20.9. The predicted molar refractivity (Wildman–Crippen MR) is 102 cm³/mol. The monoisotopic (exact) mass is 409 g/mol. The van der Waals surface area contributed by atoms with Crippen LogP contribution in [0.3, 0.4) is 0 Å². The highest BCUT2D eigenvalue weighted by atomic mass is 32.2. The van der Waals surface area contributed by atoms with Crippen molar-refractivity contribution >= 4 is 16.0 Å². The number of hydrogen-bond acceptors (Lipinski definition) is 7. The molecule has 0 aliphatic carbocycles. The molecule has 9 heteroatoms. The second-order valence-corrected chi connectivity index (χ2v) is 7.71. The minimum Gasteiger partial charge on any atom is -0.493 e. The molecule has 2 rings (SSSR count). The van der Waals surface area contributed by atoms with E-state index in [2.05, 4.69) is 9.46 Å². The van der Waals surface area contributed by atoms with E-state index in [1.165, 1.54) is 38.5 Å². The van der Waals surface area contributed by atoms with Crippen LogP contribution >= 0.6 is 0 Å². The lowest BCUT2D eigenvalue weighted by atomic mass is 10.0. The number of rotatable bonds is 8. The number of nitrogens with one attached hydrogen (secondary N) is 1. The maximum atomic E-state index is 12.7. The van der Waals surface area contributed by atoms with Crippen LogP contribution in [0.15, 0.2) is 47.4 Å². The Morgan fingerprint density at radius 2 is 1.61 bits per heavy atom. The quantitative estimate of drug-likeness (QED) is 0.637. The lowest BCUT2D eigenvalue weighted by molar-refractivity contribution is -0.145. The van der Waals surface area contributed by atoms with Gasteiger partial charge in [0.25, 0.3) is 0 Å². The number of aryl methyl sites for hydroxylation is 1. The van der Waals surface area contributed by atoms with Gasteiger partial charge in [-0.2, -0.15) is 4.72 Å². The fourth-order valence-corrected chi connectivity index (χ4v) is 3.74. The van der Waals surface area contributed by atoms with E-state index in [0.29, 0.717) is 11.5 Å². The van der Waals surface area contributed by atoms with Gasteiger partial charge in [-0.25, -0.2) is 8.42 Å². The van der Waals surface area contributed by atoms with Crippen LogP contribution in [0.4, 0.5) is 0 Å². The molecule has 0 fully saturated rings. The van der Waals surface area contributed by atoms with Crippen molar-refractivity contribution in [3.63, 3.8) is 0 Å². The summed E-state index contributed by atoms with van der Waals surface area (Å²) >= 11 is 0. The molecule has 0 heterocycles. The first-order valence-corrected chi connectivity index (χ1v) is 9.78.